The molecule has 0 aliphatic heterocycles. The zero-order valence-electron chi connectivity index (χ0n) is 15.0. The van der Waals surface area contributed by atoms with Crippen molar-refractivity contribution in [2.75, 3.05) is 18.1 Å². The summed E-state index contributed by atoms with van der Waals surface area (Å²) in [7, 11) is -3.12. The average Bonchev–Trinajstić information content (AvgIpc) is 3.32. The smallest absolute Gasteiger partial charge is 0.255 e. The highest BCUT2D eigenvalue weighted by Gasteiger charge is 2.19. The van der Waals surface area contributed by atoms with Crippen molar-refractivity contribution in [3.05, 3.63) is 65.2 Å². The van der Waals surface area contributed by atoms with Crippen LogP contribution in [0.15, 0.2) is 54.0 Å². The normalized spacial score (nSPS) is 11.4. The van der Waals surface area contributed by atoms with Gasteiger partial charge < -0.3 is 5.32 Å². The van der Waals surface area contributed by atoms with Gasteiger partial charge in [-0.15, -0.1) is 11.3 Å². The van der Waals surface area contributed by atoms with Gasteiger partial charge in [-0.2, -0.15) is 5.10 Å². The summed E-state index contributed by atoms with van der Waals surface area (Å²) in [6, 6.07) is 13.7. The highest BCUT2D eigenvalue weighted by molar-refractivity contribution is 7.91. The van der Waals surface area contributed by atoms with Crippen molar-refractivity contribution < 1.29 is 13.2 Å². The van der Waals surface area contributed by atoms with Crippen molar-refractivity contribution in [1.29, 1.82) is 0 Å². The predicted octanol–water partition coefficient (Wildman–Crippen LogP) is 2.82. The Morgan fingerprint density at radius 2 is 1.96 bits per heavy atom. The topological polar surface area (TPSA) is 81.1 Å². The minimum atomic E-state index is -3.12. The molecule has 3 rings (SSSR count). The molecule has 0 aliphatic rings. The second-order valence-corrected chi connectivity index (χ2v) is 9.46. The van der Waals surface area contributed by atoms with Crippen LogP contribution in [0.1, 0.15) is 22.8 Å². The molecule has 0 atom stereocenters. The van der Waals surface area contributed by atoms with Crippen molar-refractivity contribution in [1.82, 2.24) is 15.1 Å². The van der Waals surface area contributed by atoms with Gasteiger partial charge in [0.25, 0.3) is 5.91 Å². The third-order valence-corrected chi connectivity index (χ3v) is 6.67. The van der Waals surface area contributed by atoms with Gasteiger partial charge in [0, 0.05) is 18.5 Å². The third-order valence-electron chi connectivity index (χ3n) is 4.09. The van der Waals surface area contributed by atoms with Crippen LogP contribution < -0.4 is 5.32 Å². The van der Waals surface area contributed by atoms with Crippen LogP contribution >= 0.6 is 11.3 Å². The second-order valence-electron chi connectivity index (χ2n) is 6.04. The van der Waals surface area contributed by atoms with Gasteiger partial charge in [-0.05, 0) is 17.0 Å². The quantitative estimate of drug-likeness (QED) is 0.627. The maximum atomic E-state index is 12.6. The van der Waals surface area contributed by atoms with E-state index in [2.05, 4.69) is 10.4 Å². The summed E-state index contributed by atoms with van der Waals surface area (Å²) in [6.45, 7) is 2.24. The Morgan fingerprint density at radius 3 is 2.63 bits per heavy atom. The Bertz CT molecular complexity index is 994. The molecule has 8 heteroatoms. The van der Waals surface area contributed by atoms with E-state index in [-0.39, 0.29) is 24.0 Å². The molecule has 0 spiro atoms. The number of thiophene rings is 1. The molecule has 0 bridgehead atoms. The molecule has 0 saturated carbocycles. The Balaban J connectivity index is 1.81. The van der Waals surface area contributed by atoms with Gasteiger partial charge in [-0.25, -0.2) is 8.42 Å². The molecule has 0 unspecified atom stereocenters. The average molecular weight is 404 g/mol. The standard InChI is InChI=1S/C19H21N3O3S2/c1-2-27(24,25)12-10-20-19(23)16-14-22(13-15-7-4-3-5-8-15)21-18(16)17-9-6-11-26-17/h3-9,11,14H,2,10,12-13H2,1H3,(H,20,23). The van der Waals surface area contributed by atoms with E-state index in [1.807, 2.05) is 47.8 Å². The Labute approximate surface area is 162 Å². The van der Waals surface area contributed by atoms with Crippen molar-refractivity contribution in [3.63, 3.8) is 0 Å². The summed E-state index contributed by atoms with van der Waals surface area (Å²) < 4.78 is 25.0. The molecule has 27 heavy (non-hydrogen) atoms. The van der Waals surface area contributed by atoms with E-state index >= 15 is 0 Å². The van der Waals surface area contributed by atoms with Crippen molar-refractivity contribution in [2.45, 2.75) is 13.5 Å². The fourth-order valence-corrected chi connectivity index (χ4v) is 4.02. The molecule has 142 valence electrons. The summed E-state index contributed by atoms with van der Waals surface area (Å²) in [6.07, 6.45) is 1.71. The van der Waals surface area contributed by atoms with Crippen LogP contribution in [0.3, 0.4) is 0 Å². The van der Waals surface area contributed by atoms with E-state index in [9.17, 15) is 13.2 Å². The first-order valence-electron chi connectivity index (χ1n) is 8.62. The summed E-state index contributed by atoms with van der Waals surface area (Å²) in [4.78, 5) is 13.5. The zero-order valence-corrected chi connectivity index (χ0v) is 16.6. The Hall–Kier alpha value is -2.45. The molecular formula is C19H21N3O3S2. The first kappa shape index (κ1) is 19.3. The Morgan fingerprint density at radius 1 is 1.19 bits per heavy atom. The SMILES string of the molecule is CCS(=O)(=O)CCNC(=O)c1cn(Cc2ccccc2)nc1-c1cccs1. The molecular weight excluding hydrogens is 382 g/mol. The van der Waals surface area contributed by atoms with E-state index in [4.69, 9.17) is 0 Å². The first-order valence-corrected chi connectivity index (χ1v) is 11.3. The number of rotatable bonds is 8. The lowest BCUT2D eigenvalue weighted by Gasteiger charge is -2.05. The molecule has 3 aromatic rings. The van der Waals surface area contributed by atoms with E-state index < -0.39 is 9.84 Å². The number of nitrogens with zero attached hydrogens (tertiary/aromatic N) is 2. The molecule has 0 aliphatic carbocycles. The van der Waals surface area contributed by atoms with E-state index in [1.165, 1.54) is 11.3 Å². The minimum absolute atomic E-state index is 0.0677. The predicted molar refractivity (Wildman–Crippen MR) is 108 cm³/mol. The minimum Gasteiger partial charge on any atom is -0.351 e. The largest absolute Gasteiger partial charge is 0.351 e. The van der Waals surface area contributed by atoms with Gasteiger partial charge in [-0.1, -0.05) is 43.3 Å². The third kappa shape index (κ3) is 5.05. The fourth-order valence-electron chi connectivity index (χ4n) is 2.59. The molecule has 0 radical (unpaired) electrons. The number of hydrogen-bond donors (Lipinski definition) is 1. The summed E-state index contributed by atoms with van der Waals surface area (Å²) in [5.41, 5.74) is 2.14. The van der Waals surface area contributed by atoms with Crippen LogP contribution in [-0.4, -0.2) is 42.2 Å². The molecule has 2 aromatic heterocycles. The number of hydrogen-bond acceptors (Lipinski definition) is 5. The number of benzene rings is 1. The lowest BCUT2D eigenvalue weighted by atomic mass is 10.2. The molecule has 1 amide bonds. The van der Waals surface area contributed by atoms with Gasteiger partial charge in [0.1, 0.15) is 5.69 Å². The van der Waals surface area contributed by atoms with Crippen LogP contribution in [-0.2, 0) is 16.4 Å². The van der Waals surface area contributed by atoms with Crippen LogP contribution in [0.5, 0.6) is 0 Å². The van der Waals surface area contributed by atoms with Crippen molar-refractivity contribution >= 4 is 27.1 Å². The van der Waals surface area contributed by atoms with Crippen LogP contribution in [0.2, 0.25) is 0 Å². The maximum absolute atomic E-state index is 12.6. The molecule has 6 nitrogen and oxygen atoms in total. The number of carbonyl (C=O) groups is 1. The Kier molecular flexibility index (Phi) is 6.08. The van der Waals surface area contributed by atoms with Crippen LogP contribution in [0, 0.1) is 0 Å². The summed E-state index contributed by atoms with van der Waals surface area (Å²) in [5, 5.41) is 9.22. The van der Waals surface area contributed by atoms with Crippen molar-refractivity contribution in [2.24, 2.45) is 0 Å². The highest BCUT2D eigenvalue weighted by atomic mass is 32.2. The zero-order chi connectivity index (χ0) is 19.3. The van der Waals surface area contributed by atoms with Crippen LogP contribution in [0.25, 0.3) is 10.6 Å². The monoisotopic (exact) mass is 403 g/mol. The van der Waals surface area contributed by atoms with E-state index in [1.54, 1.807) is 17.8 Å². The number of amides is 1. The highest BCUT2D eigenvalue weighted by Crippen LogP contribution is 2.27. The first-order chi connectivity index (χ1) is 13.0. The number of aromatic nitrogens is 2. The van der Waals surface area contributed by atoms with Gasteiger partial charge in [-0.3, -0.25) is 9.48 Å². The van der Waals surface area contributed by atoms with Gasteiger partial charge in [0.15, 0.2) is 9.84 Å². The van der Waals surface area contributed by atoms with Gasteiger partial charge in [0.2, 0.25) is 0 Å². The summed E-state index contributed by atoms with van der Waals surface area (Å²) in [5.74, 6) is -0.316. The molecule has 1 aromatic carbocycles. The molecule has 1 N–H and O–H groups in total. The number of carbonyl (C=O) groups excluding carboxylic acids is 1. The lowest BCUT2D eigenvalue weighted by molar-refractivity contribution is 0.0956. The number of nitrogens with one attached hydrogen (secondary N) is 1. The summed E-state index contributed by atoms with van der Waals surface area (Å²) >= 11 is 1.51. The van der Waals surface area contributed by atoms with E-state index in [0.29, 0.717) is 17.8 Å². The van der Waals surface area contributed by atoms with Gasteiger partial charge >= 0.3 is 0 Å². The maximum Gasteiger partial charge on any atom is 0.255 e. The van der Waals surface area contributed by atoms with Gasteiger partial charge in [0.05, 0.1) is 22.7 Å². The molecule has 2 heterocycles. The van der Waals surface area contributed by atoms with Crippen LogP contribution in [0.4, 0.5) is 0 Å². The van der Waals surface area contributed by atoms with E-state index in [0.717, 1.165) is 10.4 Å². The molecule has 0 saturated heterocycles. The second kappa shape index (κ2) is 8.49. The van der Waals surface area contributed by atoms with Crippen molar-refractivity contribution in [3.8, 4) is 10.6 Å². The number of sulfone groups is 1. The lowest BCUT2D eigenvalue weighted by Crippen LogP contribution is -2.29. The fraction of sp³-hybridized carbons (Fsp3) is 0.263. The molecule has 0 fully saturated rings.